The Hall–Kier alpha value is -3.41. The van der Waals surface area contributed by atoms with E-state index in [1.807, 2.05) is 67.3 Å². The van der Waals surface area contributed by atoms with Gasteiger partial charge in [-0.1, -0.05) is 24.3 Å². The maximum absolute atomic E-state index is 12.6. The van der Waals surface area contributed by atoms with Crippen molar-refractivity contribution < 1.29 is 4.79 Å². The molecule has 2 heterocycles. The molecule has 1 amide bonds. The van der Waals surface area contributed by atoms with E-state index in [2.05, 4.69) is 10.00 Å². The Bertz CT molecular complexity index is 1080. The Morgan fingerprint density at radius 3 is 2.28 bits per heavy atom. The van der Waals surface area contributed by atoms with Gasteiger partial charge in [-0.15, -0.1) is 5.10 Å². The number of piperazine rings is 1. The molecule has 148 valence electrons. The molecule has 1 saturated heterocycles. The number of carbonyl (C=O) groups excluding carboxylic acids is 1. The van der Waals surface area contributed by atoms with Gasteiger partial charge in [-0.05, 0) is 55.3 Å². The first-order valence-corrected chi connectivity index (χ1v) is 9.80. The minimum Gasteiger partial charge on any atom is -0.352 e. The predicted molar refractivity (Wildman–Crippen MR) is 114 cm³/mol. The van der Waals surface area contributed by atoms with E-state index in [9.17, 15) is 9.59 Å². The summed E-state index contributed by atoms with van der Waals surface area (Å²) in [6.07, 6.45) is 0. The standard InChI is InChI=1S/C23H24N4O2/c1-17-8-9-20(16-18(17)2)27-22(28)11-10-21(24-27)25-12-14-26(15-13-25)23(29)19-6-4-3-5-7-19/h3-11,16H,12-15H2,1-2H3. The fraction of sp³-hybridized carbons (Fsp3) is 0.261. The van der Waals surface area contributed by atoms with E-state index in [0.717, 1.165) is 17.1 Å². The van der Waals surface area contributed by atoms with Crippen LogP contribution in [0.5, 0.6) is 0 Å². The zero-order valence-electron chi connectivity index (χ0n) is 16.7. The van der Waals surface area contributed by atoms with E-state index < -0.39 is 0 Å². The normalized spacial score (nSPS) is 14.1. The minimum absolute atomic E-state index is 0.0540. The quantitative estimate of drug-likeness (QED) is 0.692. The van der Waals surface area contributed by atoms with Gasteiger partial charge in [-0.2, -0.15) is 4.68 Å². The molecule has 3 aromatic rings. The highest BCUT2D eigenvalue weighted by atomic mass is 16.2. The van der Waals surface area contributed by atoms with Crippen LogP contribution >= 0.6 is 0 Å². The Labute approximate surface area is 170 Å². The molecule has 0 aliphatic carbocycles. The molecular formula is C23H24N4O2. The predicted octanol–water partition coefficient (Wildman–Crippen LogP) is 2.81. The van der Waals surface area contributed by atoms with Gasteiger partial charge in [0.2, 0.25) is 0 Å². The molecular weight excluding hydrogens is 364 g/mol. The molecule has 0 bridgehead atoms. The molecule has 1 aromatic heterocycles. The largest absolute Gasteiger partial charge is 0.352 e. The number of anilines is 1. The first kappa shape index (κ1) is 18.9. The molecule has 0 N–H and O–H groups in total. The number of carbonyl (C=O) groups is 1. The average molecular weight is 388 g/mol. The van der Waals surface area contributed by atoms with E-state index in [0.29, 0.717) is 31.7 Å². The molecule has 6 heteroatoms. The van der Waals surface area contributed by atoms with Gasteiger partial charge in [-0.25, -0.2) is 0 Å². The summed E-state index contributed by atoms with van der Waals surface area (Å²) >= 11 is 0. The third-order valence-corrected chi connectivity index (χ3v) is 5.43. The van der Waals surface area contributed by atoms with Crippen LogP contribution in [0.1, 0.15) is 21.5 Å². The van der Waals surface area contributed by atoms with Gasteiger partial charge >= 0.3 is 0 Å². The van der Waals surface area contributed by atoms with Crippen molar-refractivity contribution in [1.82, 2.24) is 14.7 Å². The lowest BCUT2D eigenvalue weighted by Gasteiger charge is -2.35. The second kappa shape index (κ2) is 7.91. The van der Waals surface area contributed by atoms with Crippen LogP contribution in [-0.4, -0.2) is 46.8 Å². The SMILES string of the molecule is Cc1ccc(-n2nc(N3CCN(C(=O)c4ccccc4)CC3)ccc2=O)cc1C. The van der Waals surface area contributed by atoms with Gasteiger partial charge in [0.05, 0.1) is 5.69 Å². The minimum atomic E-state index is -0.158. The summed E-state index contributed by atoms with van der Waals surface area (Å²) in [5.74, 6) is 0.799. The van der Waals surface area contributed by atoms with Crippen molar-refractivity contribution in [3.05, 3.63) is 87.7 Å². The van der Waals surface area contributed by atoms with Gasteiger partial charge in [0, 0.05) is 37.8 Å². The first-order chi connectivity index (χ1) is 14.0. The number of hydrogen-bond donors (Lipinski definition) is 0. The molecule has 0 spiro atoms. The number of rotatable bonds is 3. The lowest BCUT2D eigenvalue weighted by molar-refractivity contribution is 0.0746. The summed E-state index contributed by atoms with van der Waals surface area (Å²) < 4.78 is 1.45. The summed E-state index contributed by atoms with van der Waals surface area (Å²) in [5.41, 5.74) is 3.61. The van der Waals surface area contributed by atoms with E-state index in [1.165, 1.54) is 10.2 Å². The molecule has 0 saturated carbocycles. The van der Waals surface area contributed by atoms with Crippen LogP contribution in [-0.2, 0) is 0 Å². The van der Waals surface area contributed by atoms with Crippen molar-refractivity contribution in [3.63, 3.8) is 0 Å². The zero-order chi connectivity index (χ0) is 20.4. The molecule has 4 rings (SSSR count). The summed E-state index contributed by atoms with van der Waals surface area (Å²) in [4.78, 5) is 29.0. The third-order valence-electron chi connectivity index (χ3n) is 5.43. The van der Waals surface area contributed by atoms with Crippen LogP contribution in [0.15, 0.2) is 65.5 Å². The van der Waals surface area contributed by atoms with Crippen LogP contribution in [0, 0.1) is 13.8 Å². The molecule has 1 aliphatic rings. The van der Waals surface area contributed by atoms with Crippen LogP contribution in [0.4, 0.5) is 5.82 Å². The Balaban J connectivity index is 1.51. The van der Waals surface area contributed by atoms with E-state index >= 15 is 0 Å². The number of aryl methyl sites for hydroxylation is 2. The average Bonchev–Trinajstić information content (AvgIpc) is 2.76. The third kappa shape index (κ3) is 3.92. The second-order valence-electron chi connectivity index (χ2n) is 7.36. The van der Waals surface area contributed by atoms with Gasteiger partial charge in [0.1, 0.15) is 5.82 Å². The molecule has 0 atom stereocenters. The number of amides is 1. The molecule has 29 heavy (non-hydrogen) atoms. The highest BCUT2D eigenvalue weighted by molar-refractivity contribution is 5.94. The molecule has 2 aromatic carbocycles. The molecule has 0 unspecified atom stereocenters. The maximum Gasteiger partial charge on any atom is 0.271 e. The molecule has 1 aliphatic heterocycles. The van der Waals surface area contributed by atoms with Gasteiger partial charge in [-0.3, -0.25) is 9.59 Å². The van der Waals surface area contributed by atoms with Crippen molar-refractivity contribution in [1.29, 1.82) is 0 Å². The lowest BCUT2D eigenvalue weighted by atomic mass is 10.1. The van der Waals surface area contributed by atoms with Crippen LogP contribution in [0.3, 0.4) is 0 Å². The molecule has 1 fully saturated rings. The Morgan fingerprint density at radius 1 is 0.862 bits per heavy atom. The van der Waals surface area contributed by atoms with Gasteiger partial charge < -0.3 is 9.80 Å². The van der Waals surface area contributed by atoms with Crippen molar-refractivity contribution in [2.75, 3.05) is 31.1 Å². The van der Waals surface area contributed by atoms with E-state index in [1.54, 1.807) is 12.1 Å². The second-order valence-corrected chi connectivity index (χ2v) is 7.36. The Morgan fingerprint density at radius 2 is 1.59 bits per heavy atom. The molecule has 6 nitrogen and oxygen atoms in total. The first-order valence-electron chi connectivity index (χ1n) is 9.80. The Kier molecular flexibility index (Phi) is 5.16. The van der Waals surface area contributed by atoms with Crippen molar-refractivity contribution >= 4 is 11.7 Å². The highest BCUT2D eigenvalue weighted by Crippen LogP contribution is 2.16. The number of benzene rings is 2. The number of hydrogen-bond acceptors (Lipinski definition) is 4. The topological polar surface area (TPSA) is 58.4 Å². The van der Waals surface area contributed by atoms with Crippen molar-refractivity contribution in [2.45, 2.75) is 13.8 Å². The van der Waals surface area contributed by atoms with Crippen LogP contribution in [0.2, 0.25) is 0 Å². The number of nitrogens with zero attached hydrogens (tertiary/aromatic N) is 4. The van der Waals surface area contributed by atoms with Crippen LogP contribution < -0.4 is 10.5 Å². The fourth-order valence-electron chi connectivity index (χ4n) is 3.51. The monoisotopic (exact) mass is 388 g/mol. The smallest absolute Gasteiger partial charge is 0.271 e. The zero-order valence-corrected chi connectivity index (χ0v) is 16.7. The van der Waals surface area contributed by atoms with Gasteiger partial charge in [0.15, 0.2) is 0 Å². The molecule has 0 radical (unpaired) electrons. The number of aromatic nitrogens is 2. The highest BCUT2D eigenvalue weighted by Gasteiger charge is 2.23. The van der Waals surface area contributed by atoms with Crippen LogP contribution in [0.25, 0.3) is 5.69 Å². The van der Waals surface area contributed by atoms with Gasteiger partial charge in [0.25, 0.3) is 11.5 Å². The fourth-order valence-corrected chi connectivity index (χ4v) is 3.51. The maximum atomic E-state index is 12.6. The summed E-state index contributed by atoms with van der Waals surface area (Å²) in [5, 5.41) is 4.59. The van der Waals surface area contributed by atoms with Crippen molar-refractivity contribution in [2.24, 2.45) is 0 Å². The van der Waals surface area contributed by atoms with Crippen molar-refractivity contribution in [3.8, 4) is 5.69 Å². The summed E-state index contributed by atoms with van der Waals surface area (Å²) in [6, 6.07) is 18.6. The lowest BCUT2D eigenvalue weighted by Crippen LogP contribution is -2.49. The van der Waals surface area contributed by atoms with E-state index in [-0.39, 0.29) is 11.5 Å². The summed E-state index contributed by atoms with van der Waals surface area (Å²) in [7, 11) is 0. The summed E-state index contributed by atoms with van der Waals surface area (Å²) in [6.45, 7) is 6.67. The van der Waals surface area contributed by atoms with E-state index in [4.69, 9.17) is 0 Å².